The Morgan fingerprint density at radius 1 is 1.29 bits per heavy atom. The molecule has 108 valence electrons. The maximum atomic E-state index is 11.7. The second-order valence-electron chi connectivity index (χ2n) is 4.55. The van der Waals surface area contributed by atoms with Gasteiger partial charge in [0.05, 0.1) is 12.7 Å². The van der Waals surface area contributed by atoms with Gasteiger partial charge in [-0.2, -0.15) is 0 Å². The summed E-state index contributed by atoms with van der Waals surface area (Å²) in [4.78, 5) is 33.9. The molecule has 2 aromatic rings. The summed E-state index contributed by atoms with van der Waals surface area (Å²) in [6, 6.07) is 9.92. The third kappa shape index (κ3) is 3.66. The fraction of sp³-hybridized carbons (Fsp3) is 0.188. The van der Waals surface area contributed by atoms with Crippen LogP contribution in [-0.4, -0.2) is 23.9 Å². The van der Waals surface area contributed by atoms with E-state index in [4.69, 9.17) is 0 Å². The Labute approximate surface area is 121 Å². The van der Waals surface area contributed by atoms with Crippen molar-refractivity contribution in [2.24, 2.45) is 0 Å². The van der Waals surface area contributed by atoms with E-state index in [0.717, 1.165) is 5.56 Å². The molecule has 0 saturated carbocycles. The van der Waals surface area contributed by atoms with E-state index in [1.807, 2.05) is 6.07 Å². The molecular formula is C16H15NO4. The molecule has 0 aliphatic heterocycles. The fourth-order valence-electron chi connectivity index (χ4n) is 2.02. The summed E-state index contributed by atoms with van der Waals surface area (Å²) in [5.74, 6) is -0.392. The number of esters is 1. The summed E-state index contributed by atoms with van der Waals surface area (Å²) in [5.41, 5.74) is 1.69. The predicted octanol–water partition coefficient (Wildman–Crippen LogP) is 1.69. The number of rotatable bonds is 5. The molecule has 0 aliphatic rings. The molecular weight excluding hydrogens is 270 g/mol. The van der Waals surface area contributed by atoms with Crippen molar-refractivity contribution in [3.8, 4) is 0 Å². The minimum Gasteiger partial charge on any atom is -0.465 e. The lowest BCUT2D eigenvalue weighted by molar-refractivity contribution is 0.0600. The SMILES string of the molecule is COC(=O)c1cccc(CCn2cc(C=O)ccc2=O)c1. The third-order valence-corrected chi connectivity index (χ3v) is 3.13. The first-order valence-corrected chi connectivity index (χ1v) is 6.47. The van der Waals surface area contributed by atoms with E-state index in [1.54, 1.807) is 18.2 Å². The topological polar surface area (TPSA) is 65.4 Å². The van der Waals surface area contributed by atoms with Crippen LogP contribution in [0.5, 0.6) is 0 Å². The summed E-state index contributed by atoms with van der Waals surface area (Å²) in [5, 5.41) is 0. The Morgan fingerprint density at radius 2 is 2.10 bits per heavy atom. The standard InChI is InChI=1S/C16H15NO4/c1-21-16(20)14-4-2-3-12(9-14)7-8-17-10-13(11-18)5-6-15(17)19/h2-6,9-11H,7-8H2,1H3. The largest absolute Gasteiger partial charge is 0.465 e. The molecule has 0 atom stereocenters. The number of ether oxygens (including phenoxy) is 1. The number of aromatic nitrogens is 1. The summed E-state index contributed by atoms with van der Waals surface area (Å²) in [7, 11) is 1.33. The number of hydrogen-bond donors (Lipinski definition) is 0. The molecule has 5 nitrogen and oxygen atoms in total. The lowest BCUT2D eigenvalue weighted by Gasteiger charge is -2.07. The number of nitrogens with zero attached hydrogens (tertiary/aromatic N) is 1. The van der Waals surface area contributed by atoms with Gasteiger partial charge in [-0.05, 0) is 30.2 Å². The van der Waals surface area contributed by atoms with Crippen LogP contribution in [0.15, 0.2) is 47.4 Å². The molecule has 0 fully saturated rings. The van der Waals surface area contributed by atoms with Gasteiger partial charge in [-0.3, -0.25) is 9.59 Å². The van der Waals surface area contributed by atoms with Crippen LogP contribution < -0.4 is 5.56 Å². The number of benzene rings is 1. The normalized spacial score (nSPS) is 10.1. The van der Waals surface area contributed by atoms with Gasteiger partial charge in [0.1, 0.15) is 0 Å². The van der Waals surface area contributed by atoms with E-state index in [1.165, 1.54) is 30.0 Å². The second kappa shape index (κ2) is 6.65. The van der Waals surface area contributed by atoms with Crippen LogP contribution in [0, 0.1) is 0 Å². The quantitative estimate of drug-likeness (QED) is 0.619. The molecule has 21 heavy (non-hydrogen) atoms. The number of carbonyl (C=O) groups excluding carboxylic acids is 2. The number of aryl methyl sites for hydroxylation is 2. The fourth-order valence-corrected chi connectivity index (χ4v) is 2.02. The van der Waals surface area contributed by atoms with E-state index in [-0.39, 0.29) is 5.56 Å². The number of carbonyl (C=O) groups is 2. The maximum absolute atomic E-state index is 11.7. The van der Waals surface area contributed by atoms with Crippen molar-refractivity contribution in [2.45, 2.75) is 13.0 Å². The zero-order valence-corrected chi connectivity index (χ0v) is 11.6. The third-order valence-electron chi connectivity index (χ3n) is 3.13. The van der Waals surface area contributed by atoms with Crippen molar-refractivity contribution in [3.05, 3.63) is 69.6 Å². The highest BCUT2D eigenvalue weighted by Gasteiger charge is 2.06. The molecule has 5 heteroatoms. The second-order valence-corrected chi connectivity index (χ2v) is 4.55. The van der Waals surface area contributed by atoms with Gasteiger partial charge in [0.15, 0.2) is 6.29 Å². The zero-order chi connectivity index (χ0) is 15.2. The highest BCUT2D eigenvalue weighted by molar-refractivity contribution is 5.89. The number of hydrogen-bond acceptors (Lipinski definition) is 4. The van der Waals surface area contributed by atoms with Gasteiger partial charge in [-0.1, -0.05) is 12.1 Å². The van der Waals surface area contributed by atoms with Crippen molar-refractivity contribution < 1.29 is 14.3 Å². The van der Waals surface area contributed by atoms with Gasteiger partial charge in [0, 0.05) is 24.4 Å². The summed E-state index contributed by atoms with van der Waals surface area (Å²) < 4.78 is 6.15. The predicted molar refractivity (Wildman–Crippen MR) is 77.6 cm³/mol. The minimum atomic E-state index is -0.392. The van der Waals surface area contributed by atoms with Crippen LogP contribution in [-0.2, 0) is 17.7 Å². The lowest BCUT2D eigenvalue weighted by Crippen LogP contribution is -2.20. The van der Waals surface area contributed by atoms with Crippen LogP contribution in [0.25, 0.3) is 0 Å². The van der Waals surface area contributed by atoms with Crippen molar-refractivity contribution in [3.63, 3.8) is 0 Å². The number of pyridine rings is 1. The lowest BCUT2D eigenvalue weighted by atomic mass is 10.1. The van der Waals surface area contributed by atoms with Crippen LogP contribution >= 0.6 is 0 Å². The van der Waals surface area contributed by atoms with E-state index in [9.17, 15) is 14.4 Å². The first-order chi connectivity index (χ1) is 10.1. The highest BCUT2D eigenvalue weighted by Crippen LogP contribution is 2.08. The van der Waals surface area contributed by atoms with Crippen molar-refractivity contribution in [1.82, 2.24) is 4.57 Å². The van der Waals surface area contributed by atoms with Crippen LogP contribution in [0.2, 0.25) is 0 Å². The van der Waals surface area contributed by atoms with Crippen molar-refractivity contribution in [1.29, 1.82) is 0 Å². The molecule has 1 aromatic heterocycles. The summed E-state index contributed by atoms with van der Waals surface area (Å²) in [6.45, 7) is 0.436. The maximum Gasteiger partial charge on any atom is 0.337 e. The Bertz CT molecular complexity index is 718. The molecule has 0 N–H and O–H groups in total. The molecule has 0 radical (unpaired) electrons. The Morgan fingerprint density at radius 3 is 2.81 bits per heavy atom. The van der Waals surface area contributed by atoms with Gasteiger partial charge in [-0.25, -0.2) is 4.79 Å². The molecule has 0 spiro atoms. The van der Waals surface area contributed by atoms with Gasteiger partial charge in [0.25, 0.3) is 5.56 Å². The van der Waals surface area contributed by atoms with Crippen LogP contribution in [0.4, 0.5) is 0 Å². The molecule has 1 aromatic carbocycles. The van der Waals surface area contributed by atoms with Gasteiger partial charge in [-0.15, -0.1) is 0 Å². The Kier molecular flexibility index (Phi) is 4.66. The van der Waals surface area contributed by atoms with Crippen molar-refractivity contribution >= 4 is 12.3 Å². The smallest absolute Gasteiger partial charge is 0.337 e. The number of aldehydes is 1. The van der Waals surface area contributed by atoms with Gasteiger partial charge < -0.3 is 9.30 Å². The molecule has 0 saturated heterocycles. The van der Waals surface area contributed by atoms with Crippen LogP contribution in [0.3, 0.4) is 0 Å². The monoisotopic (exact) mass is 285 g/mol. The number of methoxy groups -OCH3 is 1. The van der Waals surface area contributed by atoms with Crippen molar-refractivity contribution in [2.75, 3.05) is 7.11 Å². The molecule has 2 rings (SSSR count). The first kappa shape index (κ1) is 14.7. The first-order valence-electron chi connectivity index (χ1n) is 6.47. The molecule has 1 heterocycles. The minimum absolute atomic E-state index is 0.162. The average Bonchev–Trinajstić information content (AvgIpc) is 2.53. The van der Waals surface area contributed by atoms with Crippen LogP contribution in [0.1, 0.15) is 26.3 Å². The Hall–Kier alpha value is -2.69. The summed E-state index contributed by atoms with van der Waals surface area (Å²) >= 11 is 0. The summed E-state index contributed by atoms with van der Waals surface area (Å²) in [6.07, 6.45) is 2.81. The molecule has 0 amide bonds. The molecule has 0 unspecified atom stereocenters. The van der Waals surface area contributed by atoms with Gasteiger partial charge >= 0.3 is 5.97 Å². The van der Waals surface area contributed by atoms with Gasteiger partial charge in [0.2, 0.25) is 0 Å². The highest BCUT2D eigenvalue weighted by atomic mass is 16.5. The average molecular weight is 285 g/mol. The Balaban J connectivity index is 2.15. The van der Waals surface area contributed by atoms with E-state index in [0.29, 0.717) is 30.4 Å². The van der Waals surface area contributed by atoms with E-state index >= 15 is 0 Å². The van der Waals surface area contributed by atoms with E-state index < -0.39 is 5.97 Å². The van der Waals surface area contributed by atoms with E-state index in [2.05, 4.69) is 4.74 Å². The zero-order valence-electron chi connectivity index (χ0n) is 11.6. The molecule has 0 aliphatic carbocycles. The molecule has 0 bridgehead atoms.